The lowest BCUT2D eigenvalue weighted by Crippen LogP contribution is -2.46. The smallest absolute Gasteiger partial charge is 0.329 e. The van der Waals surface area contributed by atoms with Crippen LogP contribution in [0.25, 0.3) is 0 Å². The minimum atomic E-state index is -1.01. The highest BCUT2D eigenvalue weighted by atomic mass is 32.2. The number of benzene rings is 2. The first-order valence-electron chi connectivity index (χ1n) is 9.94. The fourth-order valence-electron chi connectivity index (χ4n) is 2.64. The summed E-state index contributed by atoms with van der Waals surface area (Å²) < 4.78 is 10.7. The number of nitrogens with one attached hydrogen (secondary N) is 2. The number of amides is 2. The molecule has 0 aliphatic heterocycles. The average molecular weight is 445 g/mol. The van der Waals surface area contributed by atoms with E-state index >= 15 is 0 Å². The van der Waals surface area contributed by atoms with Crippen LogP contribution in [0.4, 0.5) is 5.69 Å². The maximum absolute atomic E-state index is 12.6. The Kier molecular flexibility index (Phi) is 9.90. The molecule has 0 bridgehead atoms. The van der Waals surface area contributed by atoms with Crippen molar-refractivity contribution in [3.63, 3.8) is 0 Å². The van der Waals surface area contributed by atoms with Crippen LogP contribution in [-0.4, -0.2) is 48.5 Å². The van der Waals surface area contributed by atoms with Gasteiger partial charge in [0.05, 0.1) is 0 Å². The molecule has 0 radical (unpaired) electrons. The molecule has 2 amide bonds. The lowest BCUT2D eigenvalue weighted by atomic mass is 10.2. The van der Waals surface area contributed by atoms with Crippen LogP contribution < -0.4 is 15.4 Å². The first-order chi connectivity index (χ1) is 14.9. The van der Waals surface area contributed by atoms with Gasteiger partial charge in [0, 0.05) is 5.69 Å². The summed E-state index contributed by atoms with van der Waals surface area (Å²) in [4.78, 5) is 37.3. The highest BCUT2D eigenvalue weighted by Gasteiger charge is 2.26. The van der Waals surface area contributed by atoms with Gasteiger partial charge in [-0.05, 0) is 56.0 Å². The van der Waals surface area contributed by atoms with E-state index in [9.17, 15) is 14.4 Å². The summed E-state index contributed by atoms with van der Waals surface area (Å²) in [5, 5.41) is 5.39. The van der Waals surface area contributed by atoms with Crippen molar-refractivity contribution >= 4 is 35.2 Å². The monoisotopic (exact) mass is 444 g/mol. The van der Waals surface area contributed by atoms with E-state index in [1.807, 2.05) is 37.4 Å². The maximum atomic E-state index is 12.6. The van der Waals surface area contributed by atoms with Gasteiger partial charge in [0.15, 0.2) is 12.7 Å². The van der Waals surface area contributed by atoms with E-state index in [0.29, 0.717) is 23.6 Å². The molecule has 2 rings (SSSR count). The summed E-state index contributed by atoms with van der Waals surface area (Å²) in [7, 11) is 0. The van der Waals surface area contributed by atoms with Gasteiger partial charge in [-0.3, -0.25) is 9.59 Å². The van der Waals surface area contributed by atoms with Gasteiger partial charge >= 0.3 is 5.97 Å². The third kappa shape index (κ3) is 8.33. The second-order valence-corrected chi connectivity index (χ2v) is 7.87. The minimum absolute atomic E-state index is 0.226. The van der Waals surface area contributed by atoms with Gasteiger partial charge in [0.2, 0.25) is 0 Å². The molecule has 0 saturated heterocycles. The van der Waals surface area contributed by atoms with Crippen LogP contribution >= 0.6 is 11.8 Å². The zero-order chi connectivity index (χ0) is 22.6. The molecule has 7 nitrogen and oxygen atoms in total. The Morgan fingerprint density at radius 3 is 2.39 bits per heavy atom. The summed E-state index contributed by atoms with van der Waals surface area (Å²) in [5.74, 6) is -0.338. The molecule has 0 aliphatic rings. The molecule has 2 aromatic rings. The van der Waals surface area contributed by atoms with E-state index in [0.717, 1.165) is 5.56 Å². The highest BCUT2D eigenvalue weighted by Crippen LogP contribution is 2.14. The van der Waals surface area contributed by atoms with Crippen LogP contribution in [0.15, 0.2) is 54.6 Å². The first-order valence-corrected chi connectivity index (χ1v) is 11.3. The maximum Gasteiger partial charge on any atom is 0.329 e. The summed E-state index contributed by atoms with van der Waals surface area (Å²) in [6.07, 6.45) is 1.27. The van der Waals surface area contributed by atoms with Gasteiger partial charge < -0.3 is 20.1 Å². The Balaban J connectivity index is 1.90. The molecule has 0 heterocycles. The number of carbonyl (C=O) groups is 3. The molecule has 31 heavy (non-hydrogen) atoms. The topological polar surface area (TPSA) is 93.7 Å². The summed E-state index contributed by atoms with van der Waals surface area (Å²) in [6, 6.07) is 15.4. The summed E-state index contributed by atoms with van der Waals surface area (Å²) in [5.41, 5.74) is 1.55. The van der Waals surface area contributed by atoms with Gasteiger partial charge in [0.1, 0.15) is 11.8 Å². The fraction of sp³-hybridized carbons (Fsp3) is 0.348. The summed E-state index contributed by atoms with van der Waals surface area (Å²) in [6.45, 7) is 3.14. The molecule has 0 aliphatic carbocycles. The third-order valence-electron chi connectivity index (χ3n) is 4.41. The van der Waals surface area contributed by atoms with Crippen molar-refractivity contribution in [3.05, 3.63) is 60.2 Å². The van der Waals surface area contributed by atoms with Crippen molar-refractivity contribution in [3.8, 4) is 5.75 Å². The van der Waals surface area contributed by atoms with E-state index in [1.165, 1.54) is 6.92 Å². The molecule has 2 atom stereocenters. The van der Waals surface area contributed by atoms with Crippen LogP contribution in [0.5, 0.6) is 5.75 Å². The molecular formula is C23H28N2O5S. The van der Waals surface area contributed by atoms with E-state index in [2.05, 4.69) is 10.6 Å². The number of aryl methyl sites for hydroxylation is 1. The van der Waals surface area contributed by atoms with E-state index < -0.39 is 29.9 Å². The van der Waals surface area contributed by atoms with Crippen molar-refractivity contribution in [1.82, 2.24) is 5.32 Å². The molecule has 0 fully saturated rings. The highest BCUT2D eigenvalue weighted by molar-refractivity contribution is 7.98. The fourth-order valence-corrected chi connectivity index (χ4v) is 3.12. The zero-order valence-electron chi connectivity index (χ0n) is 17.9. The largest absolute Gasteiger partial charge is 0.484 e. The molecule has 2 aromatic carbocycles. The Morgan fingerprint density at radius 1 is 1.03 bits per heavy atom. The van der Waals surface area contributed by atoms with Crippen molar-refractivity contribution in [2.24, 2.45) is 0 Å². The number of anilines is 1. The van der Waals surface area contributed by atoms with E-state index in [1.54, 1.807) is 42.1 Å². The number of ether oxygens (including phenoxy) is 2. The van der Waals surface area contributed by atoms with E-state index in [-0.39, 0.29) is 6.61 Å². The van der Waals surface area contributed by atoms with Gasteiger partial charge in [-0.15, -0.1) is 0 Å². The Labute approximate surface area is 186 Å². The third-order valence-corrected chi connectivity index (χ3v) is 5.05. The lowest BCUT2D eigenvalue weighted by molar-refractivity contribution is -0.156. The second kappa shape index (κ2) is 12.6. The normalized spacial score (nSPS) is 12.4. The Bertz CT molecular complexity index is 875. The molecule has 8 heteroatoms. The molecule has 0 spiro atoms. The van der Waals surface area contributed by atoms with Crippen LogP contribution in [-0.2, 0) is 19.1 Å². The van der Waals surface area contributed by atoms with Gasteiger partial charge in [0.25, 0.3) is 11.8 Å². The van der Waals surface area contributed by atoms with Gasteiger partial charge in [-0.2, -0.15) is 11.8 Å². The molecule has 0 unspecified atom stereocenters. The molecular weight excluding hydrogens is 416 g/mol. The number of carbonyl (C=O) groups excluding carboxylic acids is 3. The molecule has 166 valence electrons. The van der Waals surface area contributed by atoms with Gasteiger partial charge in [-0.25, -0.2) is 4.79 Å². The molecule has 0 saturated carbocycles. The van der Waals surface area contributed by atoms with Crippen LogP contribution in [0, 0.1) is 6.92 Å². The lowest BCUT2D eigenvalue weighted by Gasteiger charge is -2.20. The standard InChI is InChI=1S/C23H28N2O5S/c1-16-9-7-8-12-19(16)25-22(27)17(2)30-23(28)20(13-14-31-3)24-21(26)15-29-18-10-5-4-6-11-18/h4-12,17,20H,13-15H2,1-3H3,(H,24,26)(H,25,27)/t17-,20+/m0/s1. The van der Waals surface area contributed by atoms with Crippen molar-refractivity contribution in [1.29, 1.82) is 0 Å². The number of hydrogen-bond donors (Lipinski definition) is 2. The average Bonchev–Trinajstić information content (AvgIpc) is 2.77. The van der Waals surface area contributed by atoms with Gasteiger partial charge in [-0.1, -0.05) is 36.4 Å². The van der Waals surface area contributed by atoms with Crippen molar-refractivity contribution < 1.29 is 23.9 Å². The second-order valence-electron chi connectivity index (χ2n) is 6.89. The number of para-hydroxylation sites is 2. The SMILES string of the molecule is CSCC[C@@H](NC(=O)COc1ccccc1)C(=O)O[C@@H](C)C(=O)Nc1ccccc1C. The van der Waals surface area contributed by atoms with Crippen LogP contribution in [0.3, 0.4) is 0 Å². The Hall–Kier alpha value is -3.00. The Morgan fingerprint density at radius 2 is 1.71 bits per heavy atom. The first kappa shape index (κ1) is 24.3. The molecule has 2 N–H and O–H groups in total. The number of thioether (sulfide) groups is 1. The quantitative estimate of drug-likeness (QED) is 0.517. The van der Waals surface area contributed by atoms with Crippen LogP contribution in [0.2, 0.25) is 0 Å². The number of esters is 1. The predicted octanol–water partition coefficient (Wildman–Crippen LogP) is 3.18. The number of hydrogen-bond acceptors (Lipinski definition) is 6. The van der Waals surface area contributed by atoms with Crippen LogP contribution in [0.1, 0.15) is 18.9 Å². The minimum Gasteiger partial charge on any atom is -0.484 e. The predicted molar refractivity (Wildman–Crippen MR) is 122 cm³/mol. The number of rotatable bonds is 11. The van der Waals surface area contributed by atoms with Crippen molar-refractivity contribution in [2.45, 2.75) is 32.4 Å². The van der Waals surface area contributed by atoms with Crippen molar-refractivity contribution in [2.75, 3.05) is 23.9 Å². The van der Waals surface area contributed by atoms with E-state index in [4.69, 9.17) is 9.47 Å². The molecule has 0 aromatic heterocycles. The zero-order valence-corrected chi connectivity index (χ0v) is 18.7. The summed E-state index contributed by atoms with van der Waals surface area (Å²) >= 11 is 1.54.